The van der Waals surface area contributed by atoms with Crippen LogP contribution in [0.15, 0.2) is 16.8 Å². The first-order chi connectivity index (χ1) is 5.57. The molecule has 0 spiro atoms. The van der Waals surface area contributed by atoms with E-state index in [9.17, 15) is 10.2 Å². The van der Waals surface area contributed by atoms with Gasteiger partial charge in [-0.25, -0.2) is 0 Å². The number of aliphatic imine (C=N–C) groups is 1. The summed E-state index contributed by atoms with van der Waals surface area (Å²) < 4.78 is 0. The van der Waals surface area contributed by atoms with Gasteiger partial charge in [-0.05, 0) is 12.8 Å². The van der Waals surface area contributed by atoms with Gasteiger partial charge in [0.1, 0.15) is 12.2 Å². The molecular formula is C9H15NO2. The smallest absolute Gasteiger partial charge is 0.127 e. The highest BCUT2D eigenvalue weighted by Crippen LogP contribution is 2.22. The van der Waals surface area contributed by atoms with E-state index in [-0.39, 0.29) is 5.92 Å². The Morgan fingerprint density at radius 3 is 2.17 bits per heavy atom. The topological polar surface area (TPSA) is 52.8 Å². The normalized spacial score (nSPS) is 33.2. The second-order valence-corrected chi connectivity index (χ2v) is 3.29. The van der Waals surface area contributed by atoms with Crippen molar-refractivity contribution < 1.29 is 10.2 Å². The summed E-state index contributed by atoms with van der Waals surface area (Å²) in [5.41, 5.74) is 1.25. The van der Waals surface area contributed by atoms with Crippen molar-refractivity contribution in [2.45, 2.75) is 33.0 Å². The lowest BCUT2D eigenvalue weighted by Gasteiger charge is -2.12. The Morgan fingerprint density at radius 1 is 1.33 bits per heavy atom. The van der Waals surface area contributed by atoms with Crippen LogP contribution in [0.3, 0.4) is 0 Å². The maximum absolute atomic E-state index is 9.51. The van der Waals surface area contributed by atoms with Gasteiger partial charge in [-0.3, -0.25) is 4.99 Å². The Morgan fingerprint density at radius 2 is 1.92 bits per heavy atom. The minimum absolute atomic E-state index is 0.187. The molecule has 0 saturated heterocycles. The minimum Gasteiger partial charge on any atom is -0.384 e. The molecule has 0 radical (unpaired) electrons. The van der Waals surface area contributed by atoms with Crippen LogP contribution < -0.4 is 0 Å². The third-order valence-electron chi connectivity index (χ3n) is 2.05. The Kier molecular flexibility index (Phi) is 2.65. The molecule has 0 aromatic carbocycles. The fraction of sp³-hybridized carbons (Fsp3) is 0.667. The molecule has 0 bridgehead atoms. The van der Waals surface area contributed by atoms with E-state index >= 15 is 0 Å². The fourth-order valence-corrected chi connectivity index (χ4v) is 1.31. The summed E-state index contributed by atoms with van der Waals surface area (Å²) in [5, 5.41) is 19.0. The summed E-state index contributed by atoms with van der Waals surface area (Å²) in [6, 6.07) is 0. The summed E-state index contributed by atoms with van der Waals surface area (Å²) in [6.07, 6.45) is 0.0899. The predicted molar refractivity (Wildman–Crippen MR) is 48.0 cm³/mol. The van der Waals surface area contributed by atoms with Crippen LogP contribution in [0, 0.1) is 5.92 Å². The quantitative estimate of drug-likeness (QED) is 0.607. The maximum atomic E-state index is 9.51. The molecule has 0 aromatic rings. The molecule has 0 amide bonds. The van der Waals surface area contributed by atoms with Gasteiger partial charge in [-0.15, -0.1) is 0 Å². The highest BCUT2D eigenvalue weighted by atomic mass is 16.3. The Hall–Kier alpha value is -0.670. The second-order valence-electron chi connectivity index (χ2n) is 3.29. The highest BCUT2D eigenvalue weighted by molar-refractivity contribution is 5.94. The maximum Gasteiger partial charge on any atom is 0.127 e. The zero-order chi connectivity index (χ0) is 9.30. The van der Waals surface area contributed by atoms with Gasteiger partial charge >= 0.3 is 0 Å². The number of rotatable bonds is 1. The lowest BCUT2D eigenvalue weighted by atomic mass is 10.0. The number of allylic oxidation sites excluding steroid dienone is 1. The van der Waals surface area contributed by atoms with Crippen LogP contribution >= 0.6 is 0 Å². The van der Waals surface area contributed by atoms with Gasteiger partial charge in [-0.2, -0.15) is 0 Å². The summed E-state index contributed by atoms with van der Waals surface area (Å²) in [7, 11) is 0. The van der Waals surface area contributed by atoms with Crippen molar-refractivity contribution in [2.24, 2.45) is 10.9 Å². The number of hydrogen-bond donors (Lipinski definition) is 2. The van der Waals surface area contributed by atoms with Crippen LogP contribution in [-0.4, -0.2) is 28.1 Å². The molecular weight excluding hydrogens is 154 g/mol. The van der Waals surface area contributed by atoms with Crippen molar-refractivity contribution in [2.75, 3.05) is 0 Å². The Bertz CT molecular complexity index is 231. The molecule has 0 saturated carbocycles. The second kappa shape index (κ2) is 3.37. The van der Waals surface area contributed by atoms with Gasteiger partial charge in [0.2, 0.25) is 0 Å². The van der Waals surface area contributed by atoms with Crippen LogP contribution in [-0.2, 0) is 0 Å². The molecule has 2 atom stereocenters. The zero-order valence-electron chi connectivity index (χ0n) is 7.65. The molecule has 2 N–H and O–H groups in total. The van der Waals surface area contributed by atoms with Gasteiger partial charge in [0.05, 0.1) is 11.4 Å². The van der Waals surface area contributed by atoms with Crippen molar-refractivity contribution in [3.63, 3.8) is 0 Å². The molecule has 1 heterocycles. The summed E-state index contributed by atoms with van der Waals surface area (Å²) >= 11 is 0. The molecule has 1 aliphatic heterocycles. The van der Waals surface area contributed by atoms with Crippen molar-refractivity contribution in [3.8, 4) is 0 Å². The fourth-order valence-electron chi connectivity index (χ4n) is 1.31. The van der Waals surface area contributed by atoms with Crippen molar-refractivity contribution in [3.05, 3.63) is 11.8 Å². The molecule has 0 aliphatic carbocycles. The monoisotopic (exact) mass is 169 g/mol. The van der Waals surface area contributed by atoms with E-state index in [1.807, 2.05) is 13.8 Å². The van der Waals surface area contributed by atoms with Crippen molar-refractivity contribution in [1.29, 1.82) is 0 Å². The third-order valence-corrected chi connectivity index (χ3v) is 2.05. The highest BCUT2D eigenvalue weighted by Gasteiger charge is 2.32. The SMILES string of the molecule is C/C=C1\N=C(C(C)C)C(O)C1O. The van der Waals surface area contributed by atoms with Crippen molar-refractivity contribution in [1.82, 2.24) is 0 Å². The van der Waals surface area contributed by atoms with Crippen LogP contribution in [0.4, 0.5) is 0 Å². The first-order valence-corrected chi connectivity index (χ1v) is 4.18. The van der Waals surface area contributed by atoms with Gasteiger partial charge in [-0.1, -0.05) is 19.9 Å². The van der Waals surface area contributed by atoms with Gasteiger partial charge < -0.3 is 10.2 Å². The molecule has 0 aromatic heterocycles. The standard InChI is InChI=1S/C9H15NO2/c1-4-6-8(11)9(12)7(10-6)5(2)3/h4-5,8-9,11-12H,1-3H3/b6-4-. The molecule has 12 heavy (non-hydrogen) atoms. The summed E-state index contributed by atoms with van der Waals surface area (Å²) in [4.78, 5) is 4.15. The average molecular weight is 169 g/mol. The molecule has 3 nitrogen and oxygen atoms in total. The van der Waals surface area contributed by atoms with E-state index in [0.29, 0.717) is 11.4 Å². The van der Waals surface area contributed by atoms with Gasteiger partial charge in [0, 0.05) is 0 Å². The molecule has 1 aliphatic rings. The van der Waals surface area contributed by atoms with Crippen molar-refractivity contribution >= 4 is 5.71 Å². The molecule has 68 valence electrons. The largest absolute Gasteiger partial charge is 0.384 e. The van der Waals surface area contributed by atoms with E-state index < -0.39 is 12.2 Å². The average Bonchev–Trinajstić information content (AvgIpc) is 2.30. The minimum atomic E-state index is -0.826. The molecule has 1 rings (SSSR count). The lowest BCUT2D eigenvalue weighted by Crippen LogP contribution is -2.31. The Balaban J connectivity index is 2.91. The first-order valence-electron chi connectivity index (χ1n) is 4.18. The molecule has 2 unspecified atom stereocenters. The molecule has 0 fully saturated rings. The Labute approximate surface area is 72.4 Å². The third kappa shape index (κ3) is 1.42. The molecule has 3 heteroatoms. The van der Waals surface area contributed by atoms with E-state index in [1.165, 1.54) is 0 Å². The van der Waals surface area contributed by atoms with Crippen LogP contribution in [0.1, 0.15) is 20.8 Å². The lowest BCUT2D eigenvalue weighted by molar-refractivity contribution is 0.0907. The number of hydrogen-bond acceptors (Lipinski definition) is 3. The summed E-state index contributed by atoms with van der Waals surface area (Å²) in [6.45, 7) is 5.71. The van der Waals surface area contributed by atoms with Gasteiger partial charge in [0.15, 0.2) is 0 Å². The van der Waals surface area contributed by atoms with Crippen LogP contribution in [0.5, 0.6) is 0 Å². The number of aliphatic hydroxyl groups is 2. The zero-order valence-corrected chi connectivity index (χ0v) is 7.65. The van der Waals surface area contributed by atoms with E-state index in [4.69, 9.17) is 0 Å². The predicted octanol–water partition coefficient (Wildman–Crippen LogP) is 0.723. The van der Waals surface area contributed by atoms with E-state index in [1.54, 1.807) is 13.0 Å². The van der Waals surface area contributed by atoms with E-state index in [2.05, 4.69) is 4.99 Å². The summed E-state index contributed by atoms with van der Waals surface area (Å²) in [5.74, 6) is 0.187. The van der Waals surface area contributed by atoms with Gasteiger partial charge in [0.25, 0.3) is 0 Å². The van der Waals surface area contributed by atoms with E-state index in [0.717, 1.165) is 0 Å². The first kappa shape index (κ1) is 9.42. The number of nitrogens with zero attached hydrogens (tertiary/aromatic N) is 1. The van der Waals surface area contributed by atoms with Crippen LogP contribution in [0.25, 0.3) is 0 Å². The number of aliphatic hydroxyl groups excluding tert-OH is 2. The van der Waals surface area contributed by atoms with Crippen LogP contribution in [0.2, 0.25) is 0 Å².